The van der Waals surface area contributed by atoms with E-state index in [1.807, 2.05) is 6.92 Å². The Morgan fingerprint density at radius 2 is 2.10 bits per heavy atom. The molecule has 0 fully saturated rings. The first-order chi connectivity index (χ1) is 9.64. The standard InChI is InChI=1S/C14H21N3O4/c1-9-5-6-12(17(19)20)10(7-9)11(8-15)16-13(18)21-14(2,3)4/h5-7,11H,8,15H2,1-4H3,(H,16,18). The van der Waals surface area contributed by atoms with E-state index in [4.69, 9.17) is 10.5 Å². The van der Waals surface area contributed by atoms with E-state index in [9.17, 15) is 14.9 Å². The zero-order valence-electron chi connectivity index (χ0n) is 12.7. The number of hydrogen-bond donors (Lipinski definition) is 2. The Kier molecular flexibility index (Phi) is 5.26. The molecule has 1 aromatic rings. The molecule has 1 amide bonds. The van der Waals surface area contributed by atoms with Crippen molar-refractivity contribution in [1.82, 2.24) is 5.32 Å². The number of ether oxygens (including phenoxy) is 1. The van der Waals surface area contributed by atoms with Crippen molar-refractivity contribution in [1.29, 1.82) is 0 Å². The third-order valence-electron chi connectivity index (χ3n) is 2.68. The van der Waals surface area contributed by atoms with Gasteiger partial charge >= 0.3 is 6.09 Å². The number of nitro benzene ring substituents is 1. The van der Waals surface area contributed by atoms with E-state index in [0.717, 1.165) is 5.56 Å². The predicted molar refractivity (Wildman–Crippen MR) is 79.0 cm³/mol. The number of nitrogens with two attached hydrogens (primary N) is 1. The second kappa shape index (κ2) is 6.53. The average molecular weight is 295 g/mol. The van der Waals surface area contributed by atoms with Gasteiger partial charge in [-0.3, -0.25) is 10.1 Å². The lowest BCUT2D eigenvalue weighted by atomic mass is 10.0. The Hall–Kier alpha value is -2.15. The van der Waals surface area contributed by atoms with E-state index in [1.54, 1.807) is 32.9 Å². The van der Waals surface area contributed by atoms with Crippen LogP contribution in [0.3, 0.4) is 0 Å². The van der Waals surface area contributed by atoms with Crippen LogP contribution in [0.25, 0.3) is 0 Å². The largest absolute Gasteiger partial charge is 0.444 e. The molecule has 21 heavy (non-hydrogen) atoms. The number of nitro groups is 1. The smallest absolute Gasteiger partial charge is 0.408 e. The first kappa shape index (κ1) is 16.9. The van der Waals surface area contributed by atoms with Crippen molar-refractivity contribution in [2.45, 2.75) is 39.3 Å². The molecular formula is C14H21N3O4. The molecule has 0 bridgehead atoms. The maximum absolute atomic E-state index is 11.8. The number of hydrogen-bond acceptors (Lipinski definition) is 5. The molecule has 0 saturated carbocycles. The Labute approximate surface area is 123 Å². The third kappa shape index (κ3) is 5.03. The molecule has 0 aliphatic heterocycles. The number of carbonyl (C=O) groups excluding carboxylic acids is 1. The fourth-order valence-electron chi connectivity index (χ4n) is 1.83. The predicted octanol–water partition coefficient (Wildman–Crippen LogP) is 2.43. The summed E-state index contributed by atoms with van der Waals surface area (Å²) in [6.07, 6.45) is -0.659. The van der Waals surface area contributed by atoms with Crippen LogP contribution in [0, 0.1) is 17.0 Å². The lowest BCUT2D eigenvalue weighted by molar-refractivity contribution is -0.385. The van der Waals surface area contributed by atoms with Crippen LogP contribution in [0.4, 0.5) is 10.5 Å². The summed E-state index contributed by atoms with van der Waals surface area (Å²) >= 11 is 0. The Morgan fingerprint density at radius 3 is 2.57 bits per heavy atom. The zero-order chi connectivity index (χ0) is 16.2. The van der Waals surface area contributed by atoms with Gasteiger partial charge in [0.2, 0.25) is 0 Å². The minimum Gasteiger partial charge on any atom is -0.444 e. The number of nitrogens with zero attached hydrogens (tertiary/aromatic N) is 1. The molecule has 1 atom stereocenters. The topological polar surface area (TPSA) is 107 Å². The van der Waals surface area contributed by atoms with Gasteiger partial charge in [-0.05, 0) is 33.8 Å². The molecule has 3 N–H and O–H groups in total. The SMILES string of the molecule is Cc1ccc([N+](=O)[O-])c(C(CN)NC(=O)OC(C)(C)C)c1. The first-order valence-corrected chi connectivity index (χ1v) is 6.58. The molecule has 0 aromatic heterocycles. The molecular weight excluding hydrogens is 274 g/mol. The van der Waals surface area contributed by atoms with E-state index in [2.05, 4.69) is 5.32 Å². The summed E-state index contributed by atoms with van der Waals surface area (Å²) < 4.78 is 5.15. The maximum atomic E-state index is 11.8. The van der Waals surface area contributed by atoms with Crippen molar-refractivity contribution in [3.05, 3.63) is 39.4 Å². The summed E-state index contributed by atoms with van der Waals surface area (Å²) in [5, 5.41) is 13.7. The van der Waals surface area contributed by atoms with Crippen LogP contribution < -0.4 is 11.1 Å². The number of benzene rings is 1. The van der Waals surface area contributed by atoms with E-state index in [-0.39, 0.29) is 12.2 Å². The molecule has 0 aliphatic rings. The molecule has 7 heteroatoms. The summed E-state index contributed by atoms with van der Waals surface area (Å²) in [5.41, 5.74) is 6.13. The van der Waals surface area contributed by atoms with E-state index in [0.29, 0.717) is 5.56 Å². The quantitative estimate of drug-likeness (QED) is 0.655. The highest BCUT2D eigenvalue weighted by molar-refractivity contribution is 5.69. The van der Waals surface area contributed by atoms with Crippen molar-refractivity contribution in [3.8, 4) is 0 Å². The van der Waals surface area contributed by atoms with Gasteiger partial charge in [0.15, 0.2) is 0 Å². The van der Waals surface area contributed by atoms with Crippen LogP contribution in [-0.4, -0.2) is 23.2 Å². The molecule has 7 nitrogen and oxygen atoms in total. The molecule has 1 rings (SSSR count). The van der Waals surface area contributed by atoms with Gasteiger partial charge in [-0.15, -0.1) is 0 Å². The minimum atomic E-state index is -0.680. The lowest BCUT2D eigenvalue weighted by Crippen LogP contribution is -2.38. The Morgan fingerprint density at radius 1 is 1.48 bits per heavy atom. The van der Waals surface area contributed by atoms with Crippen LogP contribution in [-0.2, 0) is 4.74 Å². The second-order valence-corrected chi connectivity index (χ2v) is 5.75. The highest BCUT2D eigenvalue weighted by Crippen LogP contribution is 2.26. The van der Waals surface area contributed by atoms with Gasteiger partial charge in [-0.25, -0.2) is 4.79 Å². The van der Waals surface area contributed by atoms with E-state index in [1.165, 1.54) is 6.07 Å². The van der Waals surface area contributed by atoms with Crippen molar-refractivity contribution >= 4 is 11.8 Å². The number of nitrogens with one attached hydrogen (secondary N) is 1. The number of aryl methyl sites for hydroxylation is 1. The average Bonchev–Trinajstić information content (AvgIpc) is 2.33. The minimum absolute atomic E-state index is 0.0313. The van der Waals surface area contributed by atoms with Crippen LogP contribution >= 0.6 is 0 Å². The van der Waals surface area contributed by atoms with Crippen LogP contribution in [0.5, 0.6) is 0 Å². The second-order valence-electron chi connectivity index (χ2n) is 5.75. The molecule has 0 aliphatic carbocycles. The number of amides is 1. The fourth-order valence-corrected chi connectivity index (χ4v) is 1.83. The van der Waals surface area contributed by atoms with Gasteiger partial charge in [0.1, 0.15) is 5.60 Å². The van der Waals surface area contributed by atoms with Gasteiger partial charge in [-0.1, -0.05) is 11.6 Å². The van der Waals surface area contributed by atoms with Gasteiger partial charge in [0.05, 0.1) is 16.5 Å². The molecule has 0 spiro atoms. The van der Waals surface area contributed by atoms with Gasteiger partial charge in [0, 0.05) is 12.6 Å². The molecule has 0 heterocycles. The van der Waals surface area contributed by atoms with Crippen molar-refractivity contribution in [3.63, 3.8) is 0 Å². The molecule has 1 aromatic carbocycles. The van der Waals surface area contributed by atoms with Gasteiger partial charge < -0.3 is 15.8 Å². The zero-order valence-corrected chi connectivity index (χ0v) is 12.7. The maximum Gasteiger partial charge on any atom is 0.408 e. The highest BCUT2D eigenvalue weighted by atomic mass is 16.6. The summed E-state index contributed by atoms with van der Waals surface area (Å²) in [6.45, 7) is 7.05. The van der Waals surface area contributed by atoms with Crippen molar-refractivity contribution in [2.75, 3.05) is 6.54 Å². The highest BCUT2D eigenvalue weighted by Gasteiger charge is 2.25. The van der Waals surface area contributed by atoms with Crippen LogP contribution in [0.1, 0.15) is 37.9 Å². The molecule has 0 radical (unpaired) electrons. The monoisotopic (exact) mass is 295 g/mol. The fraction of sp³-hybridized carbons (Fsp3) is 0.500. The summed E-state index contributed by atoms with van der Waals surface area (Å²) in [7, 11) is 0. The van der Waals surface area contributed by atoms with Gasteiger partial charge in [0.25, 0.3) is 5.69 Å². The summed E-state index contributed by atoms with van der Waals surface area (Å²) in [4.78, 5) is 22.4. The lowest BCUT2D eigenvalue weighted by Gasteiger charge is -2.23. The van der Waals surface area contributed by atoms with E-state index < -0.39 is 22.7 Å². The number of rotatable bonds is 4. The number of alkyl carbamates (subject to hydrolysis) is 1. The number of carbonyl (C=O) groups is 1. The normalized spacial score (nSPS) is 12.6. The third-order valence-corrected chi connectivity index (χ3v) is 2.68. The van der Waals surface area contributed by atoms with Crippen LogP contribution in [0.2, 0.25) is 0 Å². The summed E-state index contributed by atoms with van der Waals surface area (Å²) in [5.74, 6) is 0. The summed E-state index contributed by atoms with van der Waals surface area (Å²) in [6, 6.07) is 4.01. The molecule has 116 valence electrons. The van der Waals surface area contributed by atoms with Crippen molar-refractivity contribution < 1.29 is 14.5 Å². The molecule has 1 unspecified atom stereocenters. The van der Waals surface area contributed by atoms with E-state index >= 15 is 0 Å². The Balaban J connectivity index is 3.02. The van der Waals surface area contributed by atoms with Crippen molar-refractivity contribution in [2.24, 2.45) is 5.73 Å². The van der Waals surface area contributed by atoms with Gasteiger partial charge in [-0.2, -0.15) is 0 Å². The first-order valence-electron chi connectivity index (χ1n) is 6.58. The Bertz CT molecular complexity index is 538. The van der Waals surface area contributed by atoms with Crippen LogP contribution in [0.15, 0.2) is 18.2 Å². The molecule has 0 saturated heterocycles.